The molecule has 0 saturated carbocycles. The van der Waals surface area contributed by atoms with Crippen LogP contribution in [-0.4, -0.2) is 43.5 Å². The first kappa shape index (κ1) is 8.49. The van der Waals surface area contributed by atoms with Gasteiger partial charge in [-0.15, -0.1) is 0 Å². The first-order valence-electron chi connectivity index (χ1n) is 3.92. The van der Waals surface area contributed by atoms with Crippen LogP contribution in [0.5, 0.6) is 0 Å². The molecule has 1 aliphatic heterocycles. The Kier molecular flexibility index (Phi) is 2.84. The third-order valence-corrected chi connectivity index (χ3v) is 1.91. The number of likely N-dealkylation sites (N-methyl/N-ethyl adjacent to an activating group) is 1. The Hall–Kier alpha value is -0.610. The number of nitrogens with one attached hydrogen (secondary N) is 1. The van der Waals surface area contributed by atoms with Gasteiger partial charge in [0.25, 0.3) is 0 Å². The van der Waals surface area contributed by atoms with Crippen LogP contribution in [0, 0.1) is 0 Å². The van der Waals surface area contributed by atoms with Gasteiger partial charge in [-0.25, -0.2) is 0 Å². The summed E-state index contributed by atoms with van der Waals surface area (Å²) < 4.78 is 0. The minimum Gasteiger partial charge on any atom is -0.340 e. The Labute approximate surface area is 66.7 Å². The molecule has 64 valence electrons. The lowest BCUT2D eigenvalue weighted by atomic mass is 10.3. The molecule has 11 heavy (non-hydrogen) atoms. The smallest absolute Gasteiger partial charge is 0.236 e. The number of hydrogen-bond donors (Lipinski definition) is 2. The van der Waals surface area contributed by atoms with Gasteiger partial charge in [-0.05, 0) is 13.5 Å². The van der Waals surface area contributed by atoms with Crippen LogP contribution < -0.4 is 11.1 Å². The van der Waals surface area contributed by atoms with Crippen molar-refractivity contribution in [1.82, 2.24) is 10.2 Å². The molecule has 0 spiro atoms. The molecule has 0 aliphatic carbocycles. The average Bonchev–Trinajstić information content (AvgIpc) is 2.36. The fourth-order valence-corrected chi connectivity index (χ4v) is 1.28. The van der Waals surface area contributed by atoms with Crippen molar-refractivity contribution in [3.63, 3.8) is 0 Å². The molecule has 1 atom stereocenters. The summed E-state index contributed by atoms with van der Waals surface area (Å²) in [4.78, 5) is 13.0. The summed E-state index contributed by atoms with van der Waals surface area (Å²) in [6.45, 7) is 1.97. The van der Waals surface area contributed by atoms with Gasteiger partial charge in [0, 0.05) is 19.1 Å². The lowest BCUT2D eigenvalue weighted by Gasteiger charge is -2.14. The molecule has 3 N–H and O–H groups in total. The van der Waals surface area contributed by atoms with Gasteiger partial charge in [-0.3, -0.25) is 4.79 Å². The van der Waals surface area contributed by atoms with Crippen LogP contribution in [0.25, 0.3) is 0 Å². The molecular formula is C7H15N3O. The number of nitrogens with zero attached hydrogens (tertiary/aromatic N) is 1. The van der Waals surface area contributed by atoms with Gasteiger partial charge in [-0.1, -0.05) is 0 Å². The van der Waals surface area contributed by atoms with Crippen molar-refractivity contribution in [2.24, 2.45) is 5.73 Å². The highest BCUT2D eigenvalue weighted by molar-refractivity contribution is 5.78. The Bertz CT molecular complexity index is 149. The fraction of sp³-hybridized carbons (Fsp3) is 0.857. The van der Waals surface area contributed by atoms with Crippen LogP contribution in [0.4, 0.5) is 0 Å². The van der Waals surface area contributed by atoms with Crippen molar-refractivity contribution >= 4 is 5.91 Å². The Morgan fingerprint density at radius 2 is 2.55 bits per heavy atom. The second kappa shape index (κ2) is 3.69. The monoisotopic (exact) mass is 157 g/mol. The molecule has 1 rings (SSSR count). The van der Waals surface area contributed by atoms with Crippen LogP contribution >= 0.6 is 0 Å². The summed E-state index contributed by atoms with van der Waals surface area (Å²) in [7, 11) is 1.77. The van der Waals surface area contributed by atoms with Crippen LogP contribution in [0.3, 0.4) is 0 Å². The molecule has 0 radical (unpaired) electrons. The van der Waals surface area contributed by atoms with E-state index in [1.54, 1.807) is 11.9 Å². The highest BCUT2D eigenvalue weighted by atomic mass is 16.2. The van der Waals surface area contributed by atoms with Crippen molar-refractivity contribution in [2.75, 3.05) is 26.7 Å². The maximum Gasteiger partial charge on any atom is 0.236 e. The molecule has 4 nitrogen and oxygen atoms in total. The number of carbonyl (C=O) groups is 1. The molecule has 0 aromatic carbocycles. The van der Waals surface area contributed by atoms with Gasteiger partial charge in [0.05, 0.1) is 6.54 Å². The van der Waals surface area contributed by atoms with E-state index >= 15 is 0 Å². The topological polar surface area (TPSA) is 58.4 Å². The van der Waals surface area contributed by atoms with E-state index in [0.29, 0.717) is 6.54 Å². The van der Waals surface area contributed by atoms with Crippen LogP contribution in [0.2, 0.25) is 0 Å². The van der Waals surface area contributed by atoms with Crippen LogP contribution in [-0.2, 0) is 4.79 Å². The van der Waals surface area contributed by atoms with Gasteiger partial charge in [-0.2, -0.15) is 0 Å². The Balaban J connectivity index is 2.31. The first-order chi connectivity index (χ1) is 5.24. The molecule has 1 unspecified atom stereocenters. The van der Waals surface area contributed by atoms with Crippen molar-refractivity contribution < 1.29 is 4.79 Å². The maximum atomic E-state index is 11.2. The summed E-state index contributed by atoms with van der Waals surface area (Å²) in [6, 6.07) is 0.191. The van der Waals surface area contributed by atoms with E-state index in [2.05, 4.69) is 5.32 Å². The summed E-state index contributed by atoms with van der Waals surface area (Å²) in [5.41, 5.74) is 5.64. The van der Waals surface area contributed by atoms with Crippen molar-refractivity contribution in [3.05, 3.63) is 0 Å². The molecule has 1 saturated heterocycles. The number of carbonyl (C=O) groups excluding carboxylic acids is 1. The number of nitrogens with two attached hydrogens (primary N) is 1. The highest BCUT2D eigenvalue weighted by Crippen LogP contribution is 2.05. The standard InChI is InChI=1S/C7H15N3O/c1-9-4-7(11)10-3-2-6(8)5-10/h6,9H,2-5,8H2,1H3. The normalized spacial score (nSPS) is 24.2. The van der Waals surface area contributed by atoms with E-state index in [9.17, 15) is 4.79 Å². The second-order valence-electron chi connectivity index (χ2n) is 2.92. The molecule has 1 fully saturated rings. The average molecular weight is 157 g/mol. The van der Waals surface area contributed by atoms with E-state index < -0.39 is 0 Å². The lowest BCUT2D eigenvalue weighted by molar-refractivity contribution is -0.129. The van der Waals surface area contributed by atoms with E-state index in [1.807, 2.05) is 0 Å². The Morgan fingerprint density at radius 1 is 1.82 bits per heavy atom. The minimum absolute atomic E-state index is 0.153. The summed E-state index contributed by atoms with van der Waals surface area (Å²) in [6.07, 6.45) is 0.940. The van der Waals surface area contributed by atoms with Gasteiger partial charge < -0.3 is 16.0 Å². The minimum atomic E-state index is 0.153. The number of hydrogen-bond acceptors (Lipinski definition) is 3. The molecular weight excluding hydrogens is 142 g/mol. The molecule has 0 aromatic rings. The van der Waals surface area contributed by atoms with E-state index in [1.165, 1.54) is 0 Å². The lowest BCUT2D eigenvalue weighted by Crippen LogP contribution is -2.37. The van der Waals surface area contributed by atoms with E-state index in [0.717, 1.165) is 19.5 Å². The second-order valence-corrected chi connectivity index (χ2v) is 2.92. The molecule has 0 bridgehead atoms. The zero-order valence-corrected chi connectivity index (χ0v) is 6.84. The zero-order valence-electron chi connectivity index (χ0n) is 6.84. The maximum absolute atomic E-state index is 11.2. The summed E-state index contributed by atoms with van der Waals surface area (Å²) in [5.74, 6) is 0.153. The quantitative estimate of drug-likeness (QED) is 0.527. The van der Waals surface area contributed by atoms with E-state index in [4.69, 9.17) is 5.73 Å². The van der Waals surface area contributed by atoms with Crippen molar-refractivity contribution in [1.29, 1.82) is 0 Å². The highest BCUT2D eigenvalue weighted by Gasteiger charge is 2.22. The fourth-order valence-electron chi connectivity index (χ4n) is 1.28. The zero-order chi connectivity index (χ0) is 8.27. The SMILES string of the molecule is CNCC(=O)N1CCC(N)C1. The molecule has 0 aromatic heterocycles. The van der Waals surface area contributed by atoms with Gasteiger partial charge in [0.2, 0.25) is 5.91 Å². The molecule has 1 aliphatic rings. The van der Waals surface area contributed by atoms with Gasteiger partial charge in [0.15, 0.2) is 0 Å². The Morgan fingerprint density at radius 3 is 3.00 bits per heavy atom. The largest absolute Gasteiger partial charge is 0.340 e. The van der Waals surface area contributed by atoms with Gasteiger partial charge >= 0.3 is 0 Å². The van der Waals surface area contributed by atoms with Gasteiger partial charge in [0.1, 0.15) is 0 Å². The van der Waals surface area contributed by atoms with Crippen molar-refractivity contribution in [3.8, 4) is 0 Å². The summed E-state index contributed by atoms with van der Waals surface area (Å²) in [5, 5.41) is 2.83. The third kappa shape index (κ3) is 2.17. The number of amides is 1. The molecule has 4 heteroatoms. The molecule has 1 heterocycles. The summed E-state index contributed by atoms with van der Waals surface area (Å²) >= 11 is 0. The predicted molar refractivity (Wildman–Crippen MR) is 43.1 cm³/mol. The van der Waals surface area contributed by atoms with Crippen LogP contribution in [0.15, 0.2) is 0 Å². The predicted octanol–water partition coefficient (Wildman–Crippen LogP) is -1.23. The number of rotatable bonds is 2. The van der Waals surface area contributed by atoms with Crippen molar-refractivity contribution in [2.45, 2.75) is 12.5 Å². The van der Waals surface area contributed by atoms with E-state index in [-0.39, 0.29) is 11.9 Å². The third-order valence-electron chi connectivity index (χ3n) is 1.91. The molecule has 1 amide bonds. The number of likely N-dealkylation sites (tertiary alicyclic amines) is 1. The van der Waals surface area contributed by atoms with Crippen LogP contribution in [0.1, 0.15) is 6.42 Å². The first-order valence-corrected chi connectivity index (χ1v) is 3.92.